The van der Waals surface area contributed by atoms with E-state index < -0.39 is 6.04 Å². The predicted molar refractivity (Wildman–Crippen MR) is 38.9 cm³/mol. The van der Waals surface area contributed by atoms with Gasteiger partial charge in [0.1, 0.15) is 5.76 Å². The first kappa shape index (κ1) is 7.78. The van der Waals surface area contributed by atoms with E-state index >= 15 is 0 Å². The molecular weight excluding hydrogens is 146 g/mol. The van der Waals surface area contributed by atoms with Crippen LogP contribution in [0.25, 0.3) is 0 Å². The van der Waals surface area contributed by atoms with Crippen LogP contribution in [0.1, 0.15) is 12.7 Å². The highest BCUT2D eigenvalue weighted by atomic mass is 16.6. The number of nitro groups is 1. The average Bonchev–Trinajstić information content (AvgIpc) is 2.39. The molecule has 4 heteroatoms. The molecule has 0 spiro atoms. The molecule has 1 atom stereocenters. The Bertz CT molecular complexity index is 230. The third kappa shape index (κ3) is 2.07. The topological polar surface area (TPSA) is 56.3 Å². The van der Waals surface area contributed by atoms with Crippen molar-refractivity contribution in [2.75, 3.05) is 0 Å². The van der Waals surface area contributed by atoms with Crippen molar-refractivity contribution in [3.05, 3.63) is 34.3 Å². The second-order valence-electron chi connectivity index (χ2n) is 2.42. The smallest absolute Gasteiger partial charge is 0.217 e. The summed E-state index contributed by atoms with van der Waals surface area (Å²) in [6.07, 6.45) is 1.88. The first-order chi connectivity index (χ1) is 5.20. The fraction of sp³-hybridized carbons (Fsp3) is 0.429. The number of hydrogen-bond acceptors (Lipinski definition) is 3. The molecule has 0 bridgehead atoms. The Morgan fingerprint density at radius 3 is 3.00 bits per heavy atom. The van der Waals surface area contributed by atoms with Gasteiger partial charge in [-0.2, -0.15) is 0 Å². The lowest BCUT2D eigenvalue weighted by Crippen LogP contribution is -2.17. The predicted octanol–water partition coefficient (Wildman–Crippen LogP) is 1.49. The van der Waals surface area contributed by atoms with Crippen LogP contribution in [0.3, 0.4) is 0 Å². The van der Waals surface area contributed by atoms with Crippen molar-refractivity contribution in [2.45, 2.75) is 19.4 Å². The average molecular weight is 155 g/mol. The van der Waals surface area contributed by atoms with Gasteiger partial charge in [-0.15, -0.1) is 0 Å². The van der Waals surface area contributed by atoms with Crippen LogP contribution in [0.15, 0.2) is 22.8 Å². The molecule has 0 radical (unpaired) electrons. The van der Waals surface area contributed by atoms with Gasteiger partial charge in [-0.25, -0.2) is 0 Å². The first-order valence-electron chi connectivity index (χ1n) is 3.36. The monoisotopic (exact) mass is 155 g/mol. The lowest BCUT2D eigenvalue weighted by molar-refractivity contribution is -0.517. The van der Waals surface area contributed by atoms with E-state index in [4.69, 9.17) is 4.42 Å². The minimum absolute atomic E-state index is 0.317. The Hall–Kier alpha value is -1.32. The van der Waals surface area contributed by atoms with Crippen LogP contribution in [0, 0.1) is 10.1 Å². The third-order valence-corrected chi connectivity index (χ3v) is 1.44. The van der Waals surface area contributed by atoms with Crippen molar-refractivity contribution < 1.29 is 9.34 Å². The molecule has 0 aliphatic carbocycles. The zero-order chi connectivity index (χ0) is 8.27. The van der Waals surface area contributed by atoms with Crippen LogP contribution in [0.5, 0.6) is 0 Å². The molecule has 1 aromatic rings. The van der Waals surface area contributed by atoms with E-state index in [9.17, 15) is 10.1 Å². The summed E-state index contributed by atoms with van der Waals surface area (Å²) in [4.78, 5) is 9.87. The summed E-state index contributed by atoms with van der Waals surface area (Å²) in [5.74, 6) is 0.661. The molecule has 0 saturated heterocycles. The van der Waals surface area contributed by atoms with Gasteiger partial charge < -0.3 is 4.42 Å². The van der Waals surface area contributed by atoms with Crippen LogP contribution in [-0.4, -0.2) is 11.0 Å². The van der Waals surface area contributed by atoms with Gasteiger partial charge in [-0.3, -0.25) is 10.1 Å². The summed E-state index contributed by atoms with van der Waals surface area (Å²) in [5, 5.41) is 10.2. The lowest BCUT2D eigenvalue weighted by atomic mass is 10.2. The van der Waals surface area contributed by atoms with Gasteiger partial charge in [0.2, 0.25) is 6.04 Å². The summed E-state index contributed by atoms with van der Waals surface area (Å²) in [7, 11) is 0. The van der Waals surface area contributed by atoms with E-state index in [1.54, 1.807) is 19.1 Å². The van der Waals surface area contributed by atoms with E-state index in [1.165, 1.54) is 6.26 Å². The maximum atomic E-state index is 10.2. The number of furan rings is 1. The highest BCUT2D eigenvalue weighted by molar-refractivity contribution is 4.98. The highest BCUT2D eigenvalue weighted by Gasteiger charge is 2.14. The standard InChI is InChI=1S/C7H9NO3/c1-6(8(9)10)5-7-3-2-4-11-7/h2-4,6H,5H2,1H3. The molecule has 1 rings (SSSR count). The molecular formula is C7H9NO3. The van der Waals surface area contributed by atoms with Gasteiger partial charge in [0.25, 0.3) is 0 Å². The molecule has 1 unspecified atom stereocenters. The van der Waals surface area contributed by atoms with E-state index in [1.807, 2.05) is 0 Å². The minimum Gasteiger partial charge on any atom is -0.469 e. The lowest BCUT2D eigenvalue weighted by Gasteiger charge is -1.98. The van der Waals surface area contributed by atoms with Gasteiger partial charge >= 0.3 is 0 Å². The quantitative estimate of drug-likeness (QED) is 0.490. The maximum absolute atomic E-state index is 10.2. The van der Waals surface area contributed by atoms with Crippen LogP contribution in [0.2, 0.25) is 0 Å². The van der Waals surface area contributed by atoms with Crippen molar-refractivity contribution in [3.63, 3.8) is 0 Å². The molecule has 4 nitrogen and oxygen atoms in total. The van der Waals surface area contributed by atoms with Crippen molar-refractivity contribution >= 4 is 0 Å². The maximum Gasteiger partial charge on any atom is 0.217 e. The Kier molecular flexibility index (Phi) is 2.25. The van der Waals surface area contributed by atoms with Crippen molar-refractivity contribution in [1.29, 1.82) is 0 Å². The normalized spacial score (nSPS) is 12.8. The Labute approximate surface area is 64.0 Å². The molecule has 1 heterocycles. The highest BCUT2D eigenvalue weighted by Crippen LogP contribution is 2.05. The molecule has 60 valence electrons. The second kappa shape index (κ2) is 3.18. The Morgan fingerprint density at radius 1 is 1.82 bits per heavy atom. The molecule has 0 fully saturated rings. The molecule has 0 amide bonds. The van der Waals surface area contributed by atoms with Crippen molar-refractivity contribution in [1.82, 2.24) is 0 Å². The van der Waals surface area contributed by atoms with Gasteiger partial charge in [0.15, 0.2) is 0 Å². The van der Waals surface area contributed by atoms with E-state index in [0.29, 0.717) is 12.2 Å². The first-order valence-corrected chi connectivity index (χ1v) is 3.36. The van der Waals surface area contributed by atoms with Crippen LogP contribution < -0.4 is 0 Å². The molecule has 0 aliphatic rings. The minimum atomic E-state index is -0.568. The second-order valence-corrected chi connectivity index (χ2v) is 2.42. The fourth-order valence-corrected chi connectivity index (χ4v) is 0.794. The van der Waals surface area contributed by atoms with Gasteiger partial charge in [-0.1, -0.05) is 0 Å². The number of hydrogen-bond donors (Lipinski definition) is 0. The van der Waals surface area contributed by atoms with Gasteiger partial charge in [0, 0.05) is 11.8 Å². The summed E-state index contributed by atoms with van der Waals surface area (Å²) in [6, 6.07) is 2.89. The van der Waals surface area contributed by atoms with E-state index in [0.717, 1.165) is 0 Å². The summed E-state index contributed by atoms with van der Waals surface area (Å²) in [5.41, 5.74) is 0. The van der Waals surface area contributed by atoms with Crippen molar-refractivity contribution in [2.24, 2.45) is 0 Å². The van der Waals surface area contributed by atoms with Crippen molar-refractivity contribution in [3.8, 4) is 0 Å². The SMILES string of the molecule is CC(Cc1ccco1)[N+](=O)[O-]. The summed E-state index contributed by atoms with van der Waals surface area (Å²) < 4.78 is 4.95. The summed E-state index contributed by atoms with van der Waals surface area (Å²) >= 11 is 0. The third-order valence-electron chi connectivity index (χ3n) is 1.44. The number of rotatable bonds is 3. The summed E-state index contributed by atoms with van der Waals surface area (Å²) in [6.45, 7) is 1.56. The fourth-order valence-electron chi connectivity index (χ4n) is 0.794. The molecule has 11 heavy (non-hydrogen) atoms. The van der Waals surface area contributed by atoms with Crippen LogP contribution in [0.4, 0.5) is 0 Å². The Morgan fingerprint density at radius 2 is 2.55 bits per heavy atom. The van der Waals surface area contributed by atoms with E-state index in [-0.39, 0.29) is 4.92 Å². The molecule has 0 aromatic carbocycles. The van der Waals surface area contributed by atoms with Gasteiger partial charge in [0.05, 0.1) is 12.7 Å². The number of nitrogens with zero attached hydrogens (tertiary/aromatic N) is 1. The van der Waals surface area contributed by atoms with E-state index in [2.05, 4.69) is 0 Å². The largest absolute Gasteiger partial charge is 0.469 e. The zero-order valence-corrected chi connectivity index (χ0v) is 6.19. The van der Waals surface area contributed by atoms with Gasteiger partial charge in [-0.05, 0) is 12.1 Å². The zero-order valence-electron chi connectivity index (χ0n) is 6.19. The Balaban J connectivity index is 2.50. The molecule has 0 saturated carbocycles. The molecule has 1 aromatic heterocycles. The van der Waals surface area contributed by atoms with Crippen LogP contribution in [-0.2, 0) is 6.42 Å². The molecule has 0 N–H and O–H groups in total. The van der Waals surface area contributed by atoms with Crippen LogP contribution >= 0.6 is 0 Å². The molecule has 0 aliphatic heterocycles.